The Morgan fingerprint density at radius 1 is 0.857 bits per heavy atom. The number of rotatable bonds is 5. The molecule has 0 saturated carbocycles. The molecule has 0 atom stereocenters. The standard InChI is InChI=1S/C30H44N4O/c1-29(2)12-13-30(3,4)26-22-23(8-9-25(26)29)27-6-5-7-28(31-27)34-18-16-33(17-19-34)24-10-14-32(15-11-24)20-21-35/h5-9,22,24,35H,10-21H2,1-4H3. The van der Waals surface area contributed by atoms with Gasteiger partial charge >= 0.3 is 0 Å². The van der Waals surface area contributed by atoms with E-state index in [1.807, 2.05) is 0 Å². The van der Waals surface area contributed by atoms with Gasteiger partial charge in [-0.05, 0) is 78.9 Å². The lowest BCUT2D eigenvalue weighted by atomic mass is 9.63. The first-order valence-electron chi connectivity index (χ1n) is 13.7. The molecule has 0 amide bonds. The normalized spacial score (nSPS) is 23.3. The number of β-amino-alcohol motifs (C(OH)–C–C–N with tert-alkyl or cyclic N) is 1. The van der Waals surface area contributed by atoms with Crippen molar-refractivity contribution < 1.29 is 5.11 Å². The highest BCUT2D eigenvalue weighted by molar-refractivity contribution is 5.65. The van der Waals surface area contributed by atoms with Crippen LogP contribution >= 0.6 is 0 Å². The minimum absolute atomic E-state index is 0.211. The fraction of sp³-hybridized carbons (Fsp3) is 0.633. The van der Waals surface area contributed by atoms with Gasteiger partial charge in [-0.2, -0.15) is 0 Å². The zero-order valence-electron chi connectivity index (χ0n) is 22.3. The lowest BCUT2D eigenvalue weighted by Gasteiger charge is -2.43. The molecule has 1 aromatic carbocycles. The van der Waals surface area contributed by atoms with Crippen LogP contribution in [0, 0.1) is 0 Å². The molecule has 2 fully saturated rings. The number of anilines is 1. The third-order valence-electron chi connectivity index (χ3n) is 9.01. The second-order valence-corrected chi connectivity index (χ2v) is 12.2. The quantitative estimate of drug-likeness (QED) is 0.679. The maximum Gasteiger partial charge on any atom is 0.129 e. The number of hydrogen-bond acceptors (Lipinski definition) is 5. The molecule has 2 saturated heterocycles. The molecule has 190 valence electrons. The van der Waals surface area contributed by atoms with Crippen LogP contribution in [0.2, 0.25) is 0 Å². The summed E-state index contributed by atoms with van der Waals surface area (Å²) in [5.41, 5.74) is 5.79. The molecular weight excluding hydrogens is 432 g/mol. The van der Waals surface area contributed by atoms with E-state index in [1.54, 1.807) is 0 Å². The fourth-order valence-electron chi connectivity index (χ4n) is 6.47. The molecule has 5 nitrogen and oxygen atoms in total. The molecule has 0 unspecified atom stereocenters. The summed E-state index contributed by atoms with van der Waals surface area (Å²) >= 11 is 0. The van der Waals surface area contributed by atoms with Gasteiger partial charge in [-0.15, -0.1) is 0 Å². The largest absolute Gasteiger partial charge is 0.395 e. The molecule has 0 spiro atoms. The van der Waals surface area contributed by atoms with Crippen LogP contribution in [0.5, 0.6) is 0 Å². The number of pyridine rings is 1. The van der Waals surface area contributed by atoms with E-state index < -0.39 is 0 Å². The summed E-state index contributed by atoms with van der Waals surface area (Å²) in [4.78, 5) is 12.7. The van der Waals surface area contributed by atoms with Crippen molar-refractivity contribution in [1.29, 1.82) is 0 Å². The van der Waals surface area contributed by atoms with E-state index >= 15 is 0 Å². The van der Waals surface area contributed by atoms with Crippen molar-refractivity contribution in [3.05, 3.63) is 47.5 Å². The Morgan fingerprint density at radius 2 is 1.54 bits per heavy atom. The van der Waals surface area contributed by atoms with Crippen molar-refractivity contribution in [3.8, 4) is 11.3 Å². The van der Waals surface area contributed by atoms with Gasteiger partial charge in [0.15, 0.2) is 0 Å². The molecule has 3 aliphatic rings. The van der Waals surface area contributed by atoms with E-state index in [9.17, 15) is 5.11 Å². The predicted molar refractivity (Wildman–Crippen MR) is 145 cm³/mol. The summed E-state index contributed by atoms with van der Waals surface area (Å²) in [5, 5.41) is 9.20. The lowest BCUT2D eigenvalue weighted by Crippen LogP contribution is -2.53. The lowest BCUT2D eigenvalue weighted by molar-refractivity contribution is 0.0923. The number of nitrogens with zero attached hydrogens (tertiary/aromatic N) is 4. The summed E-state index contributed by atoms with van der Waals surface area (Å²) in [7, 11) is 0. The second-order valence-electron chi connectivity index (χ2n) is 12.2. The van der Waals surface area contributed by atoms with Crippen molar-refractivity contribution in [2.45, 2.75) is 70.3 Å². The van der Waals surface area contributed by atoms with Gasteiger partial charge < -0.3 is 14.9 Å². The third kappa shape index (κ3) is 5.14. The highest BCUT2D eigenvalue weighted by Crippen LogP contribution is 2.46. The minimum Gasteiger partial charge on any atom is -0.395 e. The summed E-state index contributed by atoms with van der Waals surface area (Å²) in [6.07, 6.45) is 4.92. The number of aromatic nitrogens is 1. The number of likely N-dealkylation sites (tertiary alicyclic amines) is 1. The van der Waals surface area contributed by atoms with Crippen LogP contribution in [-0.2, 0) is 10.8 Å². The summed E-state index contributed by atoms with van der Waals surface area (Å²) < 4.78 is 0. The number of piperazine rings is 1. The van der Waals surface area contributed by atoms with Gasteiger partial charge in [0, 0.05) is 44.3 Å². The van der Waals surface area contributed by atoms with Gasteiger partial charge in [0.25, 0.3) is 0 Å². The minimum atomic E-state index is 0.211. The number of aliphatic hydroxyl groups excluding tert-OH is 1. The Morgan fingerprint density at radius 3 is 2.23 bits per heavy atom. The highest BCUT2D eigenvalue weighted by Gasteiger charge is 2.37. The van der Waals surface area contributed by atoms with Crippen LogP contribution < -0.4 is 4.90 Å². The summed E-state index contributed by atoms with van der Waals surface area (Å²) in [6.45, 7) is 17.2. The monoisotopic (exact) mass is 476 g/mol. The second kappa shape index (κ2) is 9.84. The SMILES string of the molecule is CC1(C)CCC(C)(C)c2cc(-c3cccc(N4CCN(C5CCN(CCO)CC5)CC4)n3)ccc21. The molecule has 5 rings (SSSR count). The van der Waals surface area contributed by atoms with Crippen molar-refractivity contribution >= 4 is 5.82 Å². The average Bonchev–Trinajstić information content (AvgIpc) is 2.88. The van der Waals surface area contributed by atoms with E-state index in [-0.39, 0.29) is 17.4 Å². The average molecular weight is 477 g/mol. The maximum atomic E-state index is 9.20. The van der Waals surface area contributed by atoms with Gasteiger partial charge in [0.1, 0.15) is 5.82 Å². The van der Waals surface area contributed by atoms with Crippen LogP contribution in [0.1, 0.15) is 64.5 Å². The molecule has 3 heterocycles. The third-order valence-corrected chi connectivity index (χ3v) is 9.01. The van der Waals surface area contributed by atoms with Crippen LogP contribution in [0.3, 0.4) is 0 Å². The van der Waals surface area contributed by atoms with Gasteiger partial charge in [-0.25, -0.2) is 4.98 Å². The zero-order chi connectivity index (χ0) is 24.6. The van der Waals surface area contributed by atoms with Crippen molar-refractivity contribution in [2.75, 3.05) is 57.3 Å². The van der Waals surface area contributed by atoms with E-state index in [4.69, 9.17) is 4.98 Å². The maximum absolute atomic E-state index is 9.20. The Bertz CT molecular complexity index is 1020. The molecule has 2 aromatic rings. The summed E-state index contributed by atoms with van der Waals surface area (Å²) in [6, 6.07) is 14.3. The van der Waals surface area contributed by atoms with Crippen molar-refractivity contribution in [3.63, 3.8) is 0 Å². The van der Waals surface area contributed by atoms with Crippen LogP contribution in [-0.4, -0.2) is 78.4 Å². The van der Waals surface area contributed by atoms with Crippen LogP contribution in [0.4, 0.5) is 5.82 Å². The molecule has 5 heteroatoms. The van der Waals surface area contributed by atoms with Gasteiger partial charge in [-0.3, -0.25) is 4.90 Å². The highest BCUT2D eigenvalue weighted by atomic mass is 16.3. The first-order valence-corrected chi connectivity index (χ1v) is 13.7. The first kappa shape index (κ1) is 24.7. The molecule has 35 heavy (non-hydrogen) atoms. The molecule has 1 aliphatic carbocycles. The summed E-state index contributed by atoms with van der Waals surface area (Å²) in [5.74, 6) is 1.11. The number of fused-ring (bicyclic) bond motifs is 1. The number of hydrogen-bond donors (Lipinski definition) is 1. The number of benzene rings is 1. The molecule has 1 aromatic heterocycles. The number of aliphatic hydroxyl groups is 1. The predicted octanol–water partition coefficient (Wildman–Crippen LogP) is 4.68. The topological polar surface area (TPSA) is 42.8 Å². The fourth-order valence-corrected chi connectivity index (χ4v) is 6.47. The molecular formula is C30H44N4O. The zero-order valence-corrected chi connectivity index (χ0v) is 22.3. The Labute approximate surface area is 212 Å². The first-order chi connectivity index (χ1) is 16.8. The number of piperidine rings is 1. The Hall–Kier alpha value is -1.95. The Kier molecular flexibility index (Phi) is 6.95. The van der Waals surface area contributed by atoms with Gasteiger partial charge in [0.2, 0.25) is 0 Å². The van der Waals surface area contributed by atoms with Crippen LogP contribution in [0.25, 0.3) is 11.3 Å². The van der Waals surface area contributed by atoms with E-state index in [1.165, 1.54) is 42.4 Å². The molecule has 2 aliphatic heterocycles. The molecule has 0 radical (unpaired) electrons. The Balaban J connectivity index is 1.27. The van der Waals surface area contributed by atoms with Gasteiger partial charge in [-0.1, -0.05) is 45.9 Å². The smallest absolute Gasteiger partial charge is 0.129 e. The van der Waals surface area contributed by atoms with E-state index in [2.05, 4.69) is 78.8 Å². The van der Waals surface area contributed by atoms with Crippen molar-refractivity contribution in [1.82, 2.24) is 14.8 Å². The van der Waals surface area contributed by atoms with E-state index in [0.717, 1.165) is 57.3 Å². The van der Waals surface area contributed by atoms with Crippen LogP contribution in [0.15, 0.2) is 36.4 Å². The molecule has 1 N–H and O–H groups in total. The molecule has 0 bridgehead atoms. The van der Waals surface area contributed by atoms with Crippen molar-refractivity contribution in [2.24, 2.45) is 0 Å². The van der Waals surface area contributed by atoms with E-state index in [0.29, 0.717) is 6.04 Å². The van der Waals surface area contributed by atoms with Gasteiger partial charge in [0.05, 0.1) is 12.3 Å².